The van der Waals surface area contributed by atoms with Crippen LogP contribution in [0.4, 0.5) is 0 Å². The van der Waals surface area contributed by atoms with Crippen molar-refractivity contribution in [2.75, 3.05) is 0 Å². The zero-order chi connectivity index (χ0) is 12.9. The van der Waals surface area contributed by atoms with Crippen LogP contribution in [0.2, 0.25) is 0 Å². The monoisotopic (exact) mass is 320 g/mol. The minimum Gasteiger partial charge on any atom is -0.197 e. The number of aryl methyl sites for hydroxylation is 1. The van der Waals surface area contributed by atoms with Gasteiger partial charge >= 0.3 is 0 Å². The Hall–Kier alpha value is 0.830. The first-order valence-corrected chi connectivity index (χ1v) is 7.97. The standard InChI is InChI=1S/C18H30.Ca.H2S/c1-2-3-4-5-6-7-8-9-10-12-15-18-16-13-11-14-17-18;;/h11,13-14,16-17H,2-10,12,15H2,1H3;;1H2. The first kappa shape index (κ1) is 23.1. The number of rotatable bonds is 11. The zero-order valence-electron chi connectivity index (χ0n) is 13.4. The molecular formula is C18H32CaS. The van der Waals surface area contributed by atoms with E-state index >= 15 is 0 Å². The maximum Gasteiger partial charge on any atom is 0 e. The van der Waals surface area contributed by atoms with Gasteiger partial charge in [0, 0.05) is 37.7 Å². The molecule has 0 atom stereocenters. The van der Waals surface area contributed by atoms with Gasteiger partial charge < -0.3 is 0 Å². The Morgan fingerprint density at radius 3 is 1.60 bits per heavy atom. The summed E-state index contributed by atoms with van der Waals surface area (Å²) in [5, 5.41) is 0. The summed E-state index contributed by atoms with van der Waals surface area (Å²) in [5.74, 6) is 0. The maximum atomic E-state index is 2.28. The fourth-order valence-corrected chi connectivity index (χ4v) is 2.46. The second-order valence-electron chi connectivity index (χ2n) is 5.42. The third-order valence-corrected chi connectivity index (χ3v) is 3.66. The molecule has 2 heteroatoms. The molecule has 0 heterocycles. The Morgan fingerprint density at radius 2 is 1.10 bits per heavy atom. The molecule has 0 unspecified atom stereocenters. The first-order valence-electron chi connectivity index (χ1n) is 7.97. The number of hydrogen-bond donors (Lipinski definition) is 0. The largest absolute Gasteiger partial charge is 0.197 e. The molecule has 0 fully saturated rings. The van der Waals surface area contributed by atoms with E-state index in [2.05, 4.69) is 37.3 Å². The summed E-state index contributed by atoms with van der Waals surface area (Å²) in [6.45, 7) is 2.28. The van der Waals surface area contributed by atoms with Gasteiger partial charge in [0.25, 0.3) is 0 Å². The minimum absolute atomic E-state index is 0. The fourth-order valence-electron chi connectivity index (χ4n) is 2.46. The van der Waals surface area contributed by atoms with Gasteiger partial charge in [-0.15, -0.1) is 0 Å². The molecule has 20 heavy (non-hydrogen) atoms. The Kier molecular flexibility index (Phi) is 20.7. The van der Waals surface area contributed by atoms with Crippen LogP contribution in [0.1, 0.15) is 76.7 Å². The average Bonchev–Trinajstić information content (AvgIpc) is 2.42. The summed E-state index contributed by atoms with van der Waals surface area (Å²) in [6.07, 6.45) is 15.5. The molecule has 2 radical (unpaired) electrons. The molecule has 1 aromatic carbocycles. The molecule has 0 amide bonds. The van der Waals surface area contributed by atoms with Crippen LogP contribution in [0.5, 0.6) is 0 Å². The molecule has 112 valence electrons. The quantitative estimate of drug-likeness (QED) is 0.353. The van der Waals surface area contributed by atoms with Crippen LogP contribution >= 0.6 is 13.5 Å². The van der Waals surface area contributed by atoms with Crippen molar-refractivity contribution in [3.8, 4) is 0 Å². The van der Waals surface area contributed by atoms with Crippen molar-refractivity contribution < 1.29 is 0 Å². The predicted octanol–water partition coefficient (Wildman–Crippen LogP) is 5.88. The molecule has 0 N–H and O–H groups in total. The molecule has 0 aliphatic rings. The van der Waals surface area contributed by atoms with Gasteiger partial charge in [-0.1, -0.05) is 95.0 Å². The summed E-state index contributed by atoms with van der Waals surface area (Å²) < 4.78 is 0. The molecule has 0 bridgehead atoms. The first-order chi connectivity index (χ1) is 8.93. The van der Waals surface area contributed by atoms with E-state index in [0.29, 0.717) is 0 Å². The summed E-state index contributed by atoms with van der Waals surface area (Å²) in [4.78, 5) is 0. The fraction of sp³-hybridized carbons (Fsp3) is 0.667. The number of benzene rings is 1. The second kappa shape index (κ2) is 17.9. The van der Waals surface area contributed by atoms with Crippen LogP contribution in [-0.2, 0) is 6.42 Å². The van der Waals surface area contributed by atoms with Gasteiger partial charge in [-0.3, -0.25) is 0 Å². The van der Waals surface area contributed by atoms with Crippen LogP contribution < -0.4 is 0 Å². The topological polar surface area (TPSA) is 0 Å². The summed E-state index contributed by atoms with van der Waals surface area (Å²) in [5.41, 5.74) is 1.50. The summed E-state index contributed by atoms with van der Waals surface area (Å²) in [7, 11) is 0. The molecule has 0 aromatic heterocycles. The molecule has 0 saturated heterocycles. The van der Waals surface area contributed by atoms with Crippen molar-refractivity contribution in [1.82, 2.24) is 0 Å². The molecule has 0 aliphatic heterocycles. The van der Waals surface area contributed by atoms with E-state index in [0.717, 1.165) is 0 Å². The molecular weight excluding hydrogens is 288 g/mol. The van der Waals surface area contributed by atoms with Crippen LogP contribution in [0.25, 0.3) is 0 Å². The minimum atomic E-state index is 0. The van der Waals surface area contributed by atoms with E-state index in [1.807, 2.05) is 0 Å². The maximum absolute atomic E-state index is 2.28. The smallest absolute Gasteiger partial charge is 0 e. The Balaban J connectivity index is 0. The van der Waals surface area contributed by atoms with E-state index in [1.165, 1.54) is 76.2 Å². The van der Waals surface area contributed by atoms with Gasteiger partial charge in [-0.05, 0) is 18.4 Å². The third-order valence-electron chi connectivity index (χ3n) is 3.66. The van der Waals surface area contributed by atoms with Gasteiger partial charge in [-0.25, -0.2) is 0 Å². The van der Waals surface area contributed by atoms with Gasteiger partial charge in [0.15, 0.2) is 0 Å². The van der Waals surface area contributed by atoms with Crippen LogP contribution in [-0.4, -0.2) is 37.7 Å². The van der Waals surface area contributed by atoms with E-state index < -0.39 is 0 Å². The third kappa shape index (κ3) is 13.8. The Bertz CT molecular complexity index is 274. The molecule has 0 nitrogen and oxygen atoms in total. The molecule has 0 aliphatic carbocycles. The Labute approximate surface area is 163 Å². The van der Waals surface area contributed by atoms with E-state index in [1.54, 1.807) is 0 Å². The van der Waals surface area contributed by atoms with Crippen molar-refractivity contribution in [2.24, 2.45) is 0 Å². The van der Waals surface area contributed by atoms with Crippen molar-refractivity contribution in [2.45, 2.75) is 77.6 Å². The van der Waals surface area contributed by atoms with Crippen molar-refractivity contribution in [1.29, 1.82) is 0 Å². The van der Waals surface area contributed by atoms with Crippen molar-refractivity contribution in [3.05, 3.63) is 35.9 Å². The normalized spacial score (nSPS) is 9.65. The van der Waals surface area contributed by atoms with Crippen molar-refractivity contribution >= 4 is 51.2 Å². The summed E-state index contributed by atoms with van der Waals surface area (Å²) >= 11 is 0. The van der Waals surface area contributed by atoms with Crippen LogP contribution in [0.15, 0.2) is 30.3 Å². The van der Waals surface area contributed by atoms with E-state index in [9.17, 15) is 0 Å². The van der Waals surface area contributed by atoms with Crippen LogP contribution in [0.3, 0.4) is 0 Å². The average molecular weight is 321 g/mol. The summed E-state index contributed by atoms with van der Waals surface area (Å²) in [6, 6.07) is 10.9. The molecule has 1 aromatic rings. The number of unbranched alkanes of at least 4 members (excludes halogenated alkanes) is 9. The van der Waals surface area contributed by atoms with Gasteiger partial charge in [0.2, 0.25) is 0 Å². The molecule has 1 rings (SSSR count). The second-order valence-corrected chi connectivity index (χ2v) is 5.42. The molecule has 0 spiro atoms. The van der Waals surface area contributed by atoms with E-state index in [4.69, 9.17) is 0 Å². The van der Waals surface area contributed by atoms with Crippen molar-refractivity contribution in [3.63, 3.8) is 0 Å². The van der Waals surface area contributed by atoms with Crippen LogP contribution in [0, 0.1) is 0 Å². The van der Waals surface area contributed by atoms with Gasteiger partial charge in [-0.2, -0.15) is 13.5 Å². The molecule has 0 saturated carbocycles. The predicted molar refractivity (Wildman–Crippen MR) is 98.1 cm³/mol. The van der Waals surface area contributed by atoms with Gasteiger partial charge in [0.1, 0.15) is 0 Å². The number of hydrogen-bond acceptors (Lipinski definition) is 0. The SMILES string of the molecule is CCCCCCCCCCCCc1ccccc1.S.[Ca]. The Morgan fingerprint density at radius 1 is 0.650 bits per heavy atom. The van der Waals surface area contributed by atoms with E-state index in [-0.39, 0.29) is 51.2 Å². The zero-order valence-corrected chi connectivity index (χ0v) is 16.6. The van der Waals surface area contributed by atoms with Gasteiger partial charge in [0.05, 0.1) is 0 Å².